The van der Waals surface area contributed by atoms with Crippen LogP contribution in [-0.2, 0) is 16.1 Å². The largest absolute Gasteiger partial charge is 0.497 e. The third-order valence-corrected chi connectivity index (χ3v) is 3.23. The molecule has 0 saturated heterocycles. The standard InChI is InChI=1S/C16H24N2O3.ClH/c1-4-9-18(16(19)10-15(11-17)21-3)12-13-5-7-14(20-2)8-6-13;/h4-8,15H,1,9-12,17H2,2-3H3;1H. The summed E-state index contributed by atoms with van der Waals surface area (Å²) in [5.74, 6) is 0.797. The molecular weight excluding hydrogens is 304 g/mol. The highest BCUT2D eigenvalue weighted by Crippen LogP contribution is 2.14. The van der Waals surface area contributed by atoms with Crippen LogP contribution < -0.4 is 10.5 Å². The second kappa shape index (κ2) is 11.1. The summed E-state index contributed by atoms with van der Waals surface area (Å²) in [5.41, 5.74) is 6.60. The van der Waals surface area contributed by atoms with Crippen molar-refractivity contribution in [2.24, 2.45) is 5.73 Å². The van der Waals surface area contributed by atoms with E-state index >= 15 is 0 Å². The number of benzene rings is 1. The van der Waals surface area contributed by atoms with Gasteiger partial charge in [-0.3, -0.25) is 4.79 Å². The quantitative estimate of drug-likeness (QED) is 0.704. The van der Waals surface area contributed by atoms with Crippen molar-refractivity contribution in [1.29, 1.82) is 0 Å². The van der Waals surface area contributed by atoms with Gasteiger partial charge in [-0.05, 0) is 17.7 Å². The Labute approximate surface area is 138 Å². The molecule has 1 aromatic rings. The normalized spacial score (nSPS) is 11.2. The van der Waals surface area contributed by atoms with Crippen LogP contribution in [-0.4, -0.2) is 44.2 Å². The fourth-order valence-corrected chi connectivity index (χ4v) is 1.95. The summed E-state index contributed by atoms with van der Waals surface area (Å²) >= 11 is 0. The number of hydrogen-bond donors (Lipinski definition) is 1. The number of rotatable bonds is 9. The molecule has 1 amide bonds. The summed E-state index contributed by atoms with van der Waals surface area (Å²) in [7, 11) is 3.19. The van der Waals surface area contributed by atoms with Gasteiger partial charge in [0.2, 0.25) is 5.91 Å². The Morgan fingerprint density at radius 3 is 2.45 bits per heavy atom. The van der Waals surface area contributed by atoms with Gasteiger partial charge in [0.15, 0.2) is 0 Å². The van der Waals surface area contributed by atoms with Crippen LogP contribution in [0.4, 0.5) is 0 Å². The zero-order chi connectivity index (χ0) is 15.7. The predicted octanol–water partition coefficient (Wildman–Crippen LogP) is 2.00. The molecule has 5 nitrogen and oxygen atoms in total. The van der Waals surface area contributed by atoms with E-state index in [0.29, 0.717) is 19.6 Å². The monoisotopic (exact) mass is 328 g/mol. The third-order valence-electron chi connectivity index (χ3n) is 3.23. The number of carbonyl (C=O) groups excluding carboxylic acids is 1. The minimum Gasteiger partial charge on any atom is -0.497 e. The Balaban J connectivity index is 0.00000441. The molecule has 2 N–H and O–H groups in total. The highest BCUT2D eigenvalue weighted by atomic mass is 35.5. The number of ether oxygens (including phenoxy) is 2. The summed E-state index contributed by atoms with van der Waals surface area (Å²) in [5, 5.41) is 0. The maximum absolute atomic E-state index is 12.3. The fraction of sp³-hybridized carbons (Fsp3) is 0.438. The van der Waals surface area contributed by atoms with Crippen LogP contribution in [0.3, 0.4) is 0 Å². The van der Waals surface area contributed by atoms with Crippen LogP contribution >= 0.6 is 12.4 Å². The van der Waals surface area contributed by atoms with Crippen LogP contribution in [0.25, 0.3) is 0 Å². The minimum atomic E-state index is -0.249. The Morgan fingerprint density at radius 2 is 2.00 bits per heavy atom. The topological polar surface area (TPSA) is 64.8 Å². The first-order valence-corrected chi connectivity index (χ1v) is 6.89. The van der Waals surface area contributed by atoms with E-state index in [9.17, 15) is 4.79 Å². The van der Waals surface area contributed by atoms with E-state index in [4.69, 9.17) is 15.2 Å². The number of carbonyl (C=O) groups is 1. The summed E-state index contributed by atoms with van der Waals surface area (Å²) in [4.78, 5) is 14.0. The lowest BCUT2D eigenvalue weighted by Crippen LogP contribution is -2.35. The second-order valence-electron chi connectivity index (χ2n) is 4.71. The lowest BCUT2D eigenvalue weighted by atomic mass is 10.1. The van der Waals surface area contributed by atoms with Gasteiger partial charge in [-0.15, -0.1) is 19.0 Å². The Kier molecular flexibility index (Phi) is 10.3. The molecule has 0 spiro atoms. The molecule has 22 heavy (non-hydrogen) atoms. The summed E-state index contributed by atoms with van der Waals surface area (Å²) in [6, 6.07) is 7.64. The van der Waals surface area contributed by atoms with Gasteiger partial charge >= 0.3 is 0 Å². The van der Waals surface area contributed by atoms with Gasteiger partial charge in [-0.25, -0.2) is 0 Å². The molecule has 0 aliphatic rings. The average Bonchev–Trinajstić information content (AvgIpc) is 2.52. The van der Waals surface area contributed by atoms with Crippen LogP contribution in [0.1, 0.15) is 12.0 Å². The summed E-state index contributed by atoms with van der Waals surface area (Å²) < 4.78 is 10.3. The number of amides is 1. The zero-order valence-corrected chi connectivity index (χ0v) is 14.0. The van der Waals surface area contributed by atoms with E-state index in [0.717, 1.165) is 11.3 Å². The third kappa shape index (κ3) is 6.47. The van der Waals surface area contributed by atoms with Gasteiger partial charge in [0.25, 0.3) is 0 Å². The minimum absolute atomic E-state index is 0. The van der Waals surface area contributed by atoms with E-state index in [1.165, 1.54) is 0 Å². The lowest BCUT2D eigenvalue weighted by Gasteiger charge is -2.23. The molecule has 124 valence electrons. The molecule has 1 rings (SSSR count). The van der Waals surface area contributed by atoms with Gasteiger partial charge in [-0.1, -0.05) is 18.2 Å². The fourth-order valence-electron chi connectivity index (χ4n) is 1.95. The number of hydrogen-bond acceptors (Lipinski definition) is 4. The first kappa shape index (κ1) is 20.4. The smallest absolute Gasteiger partial charge is 0.225 e. The van der Waals surface area contributed by atoms with E-state index in [1.54, 1.807) is 25.2 Å². The van der Waals surface area contributed by atoms with Crippen molar-refractivity contribution in [1.82, 2.24) is 4.90 Å². The van der Waals surface area contributed by atoms with Gasteiger partial charge in [0, 0.05) is 26.7 Å². The maximum atomic E-state index is 12.3. The Hall–Kier alpha value is -1.56. The molecule has 1 aromatic carbocycles. The molecule has 0 aliphatic heterocycles. The molecule has 0 radical (unpaired) electrons. The van der Waals surface area contributed by atoms with Gasteiger partial charge in [-0.2, -0.15) is 0 Å². The maximum Gasteiger partial charge on any atom is 0.225 e. The Bertz CT molecular complexity index is 447. The number of nitrogens with two attached hydrogens (primary N) is 1. The molecule has 0 bridgehead atoms. The summed E-state index contributed by atoms with van der Waals surface area (Å²) in [6.45, 7) is 5.04. The zero-order valence-electron chi connectivity index (χ0n) is 13.2. The van der Waals surface area contributed by atoms with Crippen LogP contribution in [0, 0.1) is 0 Å². The van der Waals surface area contributed by atoms with Crippen LogP contribution in [0.5, 0.6) is 5.75 Å². The van der Waals surface area contributed by atoms with Crippen molar-refractivity contribution < 1.29 is 14.3 Å². The number of methoxy groups -OCH3 is 2. The highest BCUT2D eigenvalue weighted by molar-refractivity contribution is 5.85. The van der Waals surface area contributed by atoms with E-state index in [1.807, 2.05) is 24.3 Å². The van der Waals surface area contributed by atoms with Gasteiger partial charge < -0.3 is 20.1 Å². The van der Waals surface area contributed by atoms with Crippen molar-refractivity contribution in [3.8, 4) is 5.75 Å². The van der Waals surface area contributed by atoms with Crippen LogP contribution in [0.2, 0.25) is 0 Å². The second-order valence-corrected chi connectivity index (χ2v) is 4.71. The molecular formula is C16H25ClN2O3. The van der Waals surface area contributed by atoms with Crippen molar-refractivity contribution in [2.45, 2.75) is 19.1 Å². The number of nitrogens with zero attached hydrogens (tertiary/aromatic N) is 1. The lowest BCUT2D eigenvalue weighted by molar-refractivity contribution is -0.133. The van der Waals surface area contributed by atoms with E-state index < -0.39 is 0 Å². The van der Waals surface area contributed by atoms with Gasteiger partial charge in [0.1, 0.15) is 5.75 Å². The average molecular weight is 329 g/mol. The summed E-state index contributed by atoms with van der Waals surface area (Å²) in [6.07, 6.45) is 1.74. The molecule has 1 unspecified atom stereocenters. The first-order valence-electron chi connectivity index (χ1n) is 6.89. The molecule has 1 atom stereocenters. The molecule has 6 heteroatoms. The molecule has 0 aliphatic carbocycles. The van der Waals surface area contributed by atoms with Gasteiger partial charge in [0.05, 0.1) is 19.6 Å². The first-order chi connectivity index (χ1) is 10.1. The molecule has 0 saturated carbocycles. The van der Waals surface area contributed by atoms with Crippen molar-refractivity contribution in [3.63, 3.8) is 0 Å². The highest BCUT2D eigenvalue weighted by Gasteiger charge is 2.17. The van der Waals surface area contributed by atoms with E-state index in [-0.39, 0.29) is 30.8 Å². The molecule has 0 fully saturated rings. The predicted molar refractivity (Wildman–Crippen MR) is 90.3 cm³/mol. The van der Waals surface area contributed by atoms with E-state index in [2.05, 4.69) is 6.58 Å². The number of halogens is 1. The molecule has 0 aromatic heterocycles. The Morgan fingerprint density at radius 1 is 1.36 bits per heavy atom. The van der Waals surface area contributed by atoms with Crippen molar-refractivity contribution in [2.75, 3.05) is 27.3 Å². The SMILES string of the molecule is C=CCN(Cc1ccc(OC)cc1)C(=O)CC(CN)OC.Cl. The molecule has 0 heterocycles. The van der Waals surface area contributed by atoms with Crippen molar-refractivity contribution >= 4 is 18.3 Å². The van der Waals surface area contributed by atoms with Crippen LogP contribution in [0.15, 0.2) is 36.9 Å². The van der Waals surface area contributed by atoms with Crippen molar-refractivity contribution in [3.05, 3.63) is 42.5 Å².